The molecule has 0 bridgehead atoms. The average Bonchev–Trinajstić information content (AvgIpc) is 2.75. The van der Waals surface area contributed by atoms with E-state index in [0.29, 0.717) is 24.7 Å². The van der Waals surface area contributed by atoms with Gasteiger partial charge in [-0.15, -0.1) is 0 Å². The van der Waals surface area contributed by atoms with E-state index in [1.165, 1.54) is 32.8 Å². The lowest BCUT2D eigenvalue weighted by Gasteiger charge is -2.17. The van der Waals surface area contributed by atoms with Gasteiger partial charge in [-0.3, -0.25) is 0 Å². The van der Waals surface area contributed by atoms with Gasteiger partial charge < -0.3 is 18.9 Å². The number of carbonyl (C=O) groups is 1. The number of fused-ring (bicyclic) bond motifs is 1. The SMILES string of the molecule is CCCCCCOc1cc(OCCCCCC)c2ccccc2c1OC(=O)OC. The minimum atomic E-state index is -0.765. The van der Waals surface area contributed by atoms with Crippen LogP contribution in [0.1, 0.15) is 65.2 Å². The van der Waals surface area contributed by atoms with Gasteiger partial charge in [0.05, 0.1) is 20.3 Å². The Balaban J connectivity index is 2.27. The van der Waals surface area contributed by atoms with Crippen molar-refractivity contribution in [2.75, 3.05) is 20.3 Å². The topological polar surface area (TPSA) is 54.0 Å². The second-order valence-corrected chi connectivity index (χ2v) is 7.12. The third-order valence-corrected chi connectivity index (χ3v) is 4.79. The van der Waals surface area contributed by atoms with Crippen molar-refractivity contribution in [2.45, 2.75) is 65.2 Å². The van der Waals surface area contributed by atoms with E-state index in [-0.39, 0.29) is 0 Å². The Labute approximate surface area is 174 Å². The number of benzene rings is 2. The number of hydrogen-bond donors (Lipinski definition) is 0. The van der Waals surface area contributed by atoms with E-state index in [9.17, 15) is 4.79 Å². The minimum absolute atomic E-state index is 0.376. The van der Waals surface area contributed by atoms with Crippen LogP contribution in [-0.2, 0) is 4.74 Å². The van der Waals surface area contributed by atoms with E-state index >= 15 is 0 Å². The fourth-order valence-electron chi connectivity index (χ4n) is 3.17. The van der Waals surface area contributed by atoms with Gasteiger partial charge in [0.2, 0.25) is 0 Å². The number of carbonyl (C=O) groups excluding carboxylic acids is 1. The maximum atomic E-state index is 11.8. The zero-order valence-electron chi connectivity index (χ0n) is 18.0. The highest BCUT2D eigenvalue weighted by molar-refractivity contribution is 5.96. The van der Waals surface area contributed by atoms with Gasteiger partial charge in [0.1, 0.15) is 5.75 Å². The molecule has 0 aliphatic carbocycles. The zero-order valence-corrected chi connectivity index (χ0v) is 18.0. The number of hydrogen-bond acceptors (Lipinski definition) is 5. The molecule has 0 saturated carbocycles. The van der Waals surface area contributed by atoms with Crippen molar-refractivity contribution in [1.82, 2.24) is 0 Å². The molecule has 160 valence electrons. The maximum absolute atomic E-state index is 11.8. The second-order valence-electron chi connectivity index (χ2n) is 7.12. The Kier molecular flexibility index (Phi) is 10.2. The monoisotopic (exact) mass is 402 g/mol. The fraction of sp³-hybridized carbons (Fsp3) is 0.542. The molecule has 0 spiro atoms. The molecule has 0 aliphatic rings. The third kappa shape index (κ3) is 7.15. The largest absolute Gasteiger partial charge is 0.513 e. The van der Waals surface area contributed by atoms with Crippen LogP contribution >= 0.6 is 0 Å². The lowest BCUT2D eigenvalue weighted by atomic mass is 10.1. The van der Waals surface area contributed by atoms with Crippen LogP contribution in [0.5, 0.6) is 17.2 Å². The highest BCUT2D eigenvalue weighted by atomic mass is 16.7. The molecule has 0 N–H and O–H groups in total. The number of rotatable bonds is 13. The van der Waals surface area contributed by atoms with Crippen LogP contribution in [0.3, 0.4) is 0 Å². The Bertz CT molecular complexity index is 756. The zero-order chi connectivity index (χ0) is 20.9. The summed E-state index contributed by atoms with van der Waals surface area (Å²) in [6.07, 6.45) is 8.21. The molecule has 0 radical (unpaired) electrons. The smallest absolute Gasteiger partial charge is 0.493 e. The van der Waals surface area contributed by atoms with Gasteiger partial charge in [0, 0.05) is 16.8 Å². The van der Waals surface area contributed by atoms with E-state index in [0.717, 1.165) is 42.2 Å². The summed E-state index contributed by atoms with van der Waals surface area (Å²) in [5.41, 5.74) is 0. The molecule has 2 rings (SSSR count). The molecule has 0 fully saturated rings. The fourth-order valence-corrected chi connectivity index (χ4v) is 3.17. The maximum Gasteiger partial charge on any atom is 0.513 e. The predicted octanol–water partition coefficient (Wildman–Crippen LogP) is 6.90. The van der Waals surface area contributed by atoms with Gasteiger partial charge in [-0.25, -0.2) is 4.79 Å². The number of methoxy groups -OCH3 is 1. The molecule has 0 heterocycles. The lowest BCUT2D eigenvalue weighted by molar-refractivity contribution is 0.120. The molecule has 2 aromatic rings. The second kappa shape index (κ2) is 12.9. The summed E-state index contributed by atoms with van der Waals surface area (Å²) in [6, 6.07) is 9.55. The van der Waals surface area contributed by atoms with Crippen molar-refractivity contribution in [3.8, 4) is 17.2 Å². The molecular formula is C24H34O5. The van der Waals surface area contributed by atoms with Gasteiger partial charge >= 0.3 is 6.16 Å². The number of ether oxygens (including phenoxy) is 4. The minimum Gasteiger partial charge on any atom is -0.493 e. The molecule has 5 nitrogen and oxygen atoms in total. The van der Waals surface area contributed by atoms with Crippen molar-refractivity contribution in [3.05, 3.63) is 30.3 Å². The summed E-state index contributed by atoms with van der Waals surface area (Å²) >= 11 is 0. The van der Waals surface area contributed by atoms with Crippen LogP contribution < -0.4 is 14.2 Å². The molecule has 29 heavy (non-hydrogen) atoms. The van der Waals surface area contributed by atoms with Gasteiger partial charge in [0.25, 0.3) is 0 Å². The Morgan fingerprint density at radius 2 is 1.38 bits per heavy atom. The molecule has 5 heteroatoms. The first-order valence-corrected chi connectivity index (χ1v) is 10.8. The van der Waals surface area contributed by atoms with Crippen LogP contribution in [0.2, 0.25) is 0 Å². The summed E-state index contributed by atoms with van der Waals surface area (Å²) in [7, 11) is 1.30. The average molecular weight is 403 g/mol. The van der Waals surface area contributed by atoms with Crippen molar-refractivity contribution >= 4 is 16.9 Å². The summed E-state index contributed by atoms with van der Waals surface area (Å²) in [4.78, 5) is 11.8. The summed E-state index contributed by atoms with van der Waals surface area (Å²) in [5.74, 6) is 1.63. The van der Waals surface area contributed by atoms with E-state index in [4.69, 9.17) is 18.9 Å². The first-order valence-electron chi connectivity index (χ1n) is 10.8. The van der Waals surface area contributed by atoms with Gasteiger partial charge in [-0.05, 0) is 12.8 Å². The molecule has 0 unspecified atom stereocenters. The Hall–Kier alpha value is -2.43. The highest BCUT2D eigenvalue weighted by Crippen LogP contribution is 2.42. The molecular weight excluding hydrogens is 368 g/mol. The molecule has 0 aliphatic heterocycles. The standard InChI is InChI=1S/C24H34O5/c1-4-6-8-12-16-27-21-18-22(28-17-13-9-7-5-2)23(29-24(25)26-3)20-15-11-10-14-19(20)21/h10-11,14-15,18H,4-9,12-13,16-17H2,1-3H3. The number of unbranched alkanes of at least 4 members (excludes halogenated alkanes) is 6. The molecule has 0 atom stereocenters. The van der Waals surface area contributed by atoms with Crippen LogP contribution in [0.15, 0.2) is 30.3 Å². The van der Waals surface area contributed by atoms with Crippen molar-refractivity contribution in [2.24, 2.45) is 0 Å². The quantitative estimate of drug-likeness (QED) is 0.207. The van der Waals surface area contributed by atoms with Crippen molar-refractivity contribution in [1.29, 1.82) is 0 Å². The first kappa shape index (κ1) is 22.9. The summed E-state index contributed by atoms with van der Waals surface area (Å²) < 4.78 is 22.3. The van der Waals surface area contributed by atoms with Gasteiger partial charge in [-0.1, -0.05) is 76.6 Å². The van der Waals surface area contributed by atoms with E-state index in [1.807, 2.05) is 30.3 Å². The van der Waals surface area contributed by atoms with Crippen molar-refractivity contribution in [3.63, 3.8) is 0 Å². The van der Waals surface area contributed by atoms with Crippen molar-refractivity contribution < 1.29 is 23.7 Å². The summed E-state index contributed by atoms with van der Waals surface area (Å²) in [6.45, 7) is 5.58. The van der Waals surface area contributed by atoms with Crippen LogP contribution in [0, 0.1) is 0 Å². The van der Waals surface area contributed by atoms with Crippen LogP contribution in [0.4, 0.5) is 4.79 Å². The normalized spacial score (nSPS) is 10.7. The first-order chi connectivity index (χ1) is 14.2. The highest BCUT2D eigenvalue weighted by Gasteiger charge is 2.19. The molecule has 0 amide bonds. The summed E-state index contributed by atoms with van der Waals surface area (Å²) in [5, 5.41) is 1.66. The van der Waals surface area contributed by atoms with Gasteiger partial charge in [-0.2, -0.15) is 0 Å². The van der Waals surface area contributed by atoms with E-state index in [2.05, 4.69) is 13.8 Å². The molecule has 2 aromatic carbocycles. The molecule has 0 saturated heterocycles. The van der Waals surface area contributed by atoms with E-state index in [1.54, 1.807) is 0 Å². The Morgan fingerprint density at radius 1 is 0.793 bits per heavy atom. The lowest BCUT2D eigenvalue weighted by Crippen LogP contribution is -2.10. The van der Waals surface area contributed by atoms with Crippen LogP contribution in [0.25, 0.3) is 10.8 Å². The van der Waals surface area contributed by atoms with Gasteiger partial charge in [0.15, 0.2) is 11.5 Å². The van der Waals surface area contributed by atoms with E-state index < -0.39 is 6.16 Å². The third-order valence-electron chi connectivity index (χ3n) is 4.79. The molecule has 0 aromatic heterocycles. The Morgan fingerprint density at radius 3 is 1.97 bits per heavy atom. The van der Waals surface area contributed by atoms with Crippen LogP contribution in [-0.4, -0.2) is 26.5 Å². The predicted molar refractivity (Wildman–Crippen MR) is 116 cm³/mol.